The molecule has 0 amide bonds. The van der Waals surface area contributed by atoms with E-state index >= 15 is 0 Å². The average Bonchev–Trinajstić information content (AvgIpc) is 3.06. The van der Waals surface area contributed by atoms with Crippen LogP contribution in [0.2, 0.25) is 0 Å². The van der Waals surface area contributed by atoms with Crippen LogP contribution in [0.15, 0.2) is 54.6 Å². The van der Waals surface area contributed by atoms with Crippen LogP contribution in [-0.4, -0.2) is 30.2 Å². The van der Waals surface area contributed by atoms with E-state index in [0.717, 1.165) is 60.2 Å². The van der Waals surface area contributed by atoms with Crippen molar-refractivity contribution in [2.24, 2.45) is 7.05 Å². The van der Waals surface area contributed by atoms with Crippen LogP contribution in [0.3, 0.4) is 0 Å². The van der Waals surface area contributed by atoms with Crippen molar-refractivity contribution in [2.75, 3.05) is 19.7 Å². The van der Waals surface area contributed by atoms with E-state index in [4.69, 9.17) is 4.74 Å². The van der Waals surface area contributed by atoms with Gasteiger partial charge in [-0.25, -0.2) is 0 Å². The van der Waals surface area contributed by atoms with Crippen molar-refractivity contribution in [3.05, 3.63) is 71.4 Å². The number of carbonyl (C=O) groups is 1. The lowest BCUT2D eigenvalue weighted by Crippen LogP contribution is -3.12. The minimum Gasteiger partial charge on any atom is -0.465 e. The maximum Gasteiger partial charge on any atom is 0.317 e. The first kappa shape index (κ1) is 20.2. The molecule has 30 heavy (non-hydrogen) atoms. The summed E-state index contributed by atoms with van der Waals surface area (Å²) in [7, 11) is 2.04. The molecule has 0 aliphatic carbocycles. The van der Waals surface area contributed by atoms with Gasteiger partial charge in [-0.2, -0.15) is 5.26 Å². The maximum absolute atomic E-state index is 13.0. The molecule has 1 fully saturated rings. The quantitative estimate of drug-likeness (QED) is 0.668. The monoisotopic (exact) mass is 402 g/mol. The molecule has 0 spiro atoms. The first-order chi connectivity index (χ1) is 14.6. The van der Waals surface area contributed by atoms with Crippen LogP contribution < -0.4 is 4.90 Å². The number of aromatic nitrogens is 1. The fourth-order valence-corrected chi connectivity index (χ4v) is 4.86. The summed E-state index contributed by atoms with van der Waals surface area (Å²) >= 11 is 0. The zero-order chi connectivity index (χ0) is 21.1. The molecule has 2 aromatic carbocycles. The summed E-state index contributed by atoms with van der Waals surface area (Å²) in [5.74, 6) is -0.113. The third kappa shape index (κ3) is 3.38. The highest BCUT2D eigenvalue weighted by Gasteiger charge is 2.46. The van der Waals surface area contributed by atoms with Crippen LogP contribution in [-0.2, 0) is 28.5 Å². The average molecular weight is 403 g/mol. The van der Waals surface area contributed by atoms with Crippen LogP contribution in [0.25, 0.3) is 10.9 Å². The van der Waals surface area contributed by atoms with E-state index in [1.807, 2.05) is 62.5 Å². The lowest BCUT2D eigenvalue weighted by atomic mass is 9.72. The number of aryl methyl sites for hydroxylation is 1. The Balaban J connectivity index is 1.59. The number of quaternary nitrogens is 1. The minimum atomic E-state index is -0.572. The Bertz CT molecular complexity index is 1090. The molecule has 0 atom stereocenters. The zero-order valence-electron chi connectivity index (χ0n) is 17.6. The summed E-state index contributed by atoms with van der Waals surface area (Å²) < 4.78 is 7.64. The summed E-state index contributed by atoms with van der Waals surface area (Å²) in [5.41, 5.74) is 3.40. The Morgan fingerprint density at radius 3 is 2.47 bits per heavy atom. The molecule has 4 rings (SSSR count). The summed E-state index contributed by atoms with van der Waals surface area (Å²) in [4.78, 5) is 14.4. The lowest BCUT2D eigenvalue weighted by molar-refractivity contribution is -0.920. The molecule has 1 aliphatic rings. The number of fused-ring (bicyclic) bond motifs is 1. The summed E-state index contributed by atoms with van der Waals surface area (Å²) in [5, 5.41) is 10.8. The van der Waals surface area contributed by atoms with E-state index in [1.54, 1.807) is 0 Å². The number of benzene rings is 2. The van der Waals surface area contributed by atoms with E-state index in [-0.39, 0.29) is 5.97 Å². The van der Waals surface area contributed by atoms with Gasteiger partial charge in [0.05, 0.1) is 31.0 Å². The number of carbonyl (C=O) groups excluding carboxylic acids is 1. The molecule has 1 N–H and O–H groups in total. The van der Waals surface area contributed by atoms with E-state index < -0.39 is 5.41 Å². The van der Waals surface area contributed by atoms with Crippen molar-refractivity contribution in [1.82, 2.24) is 4.57 Å². The van der Waals surface area contributed by atoms with Gasteiger partial charge in [0.1, 0.15) is 18.0 Å². The first-order valence-electron chi connectivity index (χ1n) is 10.6. The molecule has 2 heterocycles. The number of ether oxygens (including phenoxy) is 1. The van der Waals surface area contributed by atoms with Crippen molar-refractivity contribution in [1.29, 1.82) is 5.26 Å². The topological polar surface area (TPSA) is 59.5 Å². The van der Waals surface area contributed by atoms with Gasteiger partial charge < -0.3 is 14.2 Å². The molecule has 154 valence electrons. The summed E-state index contributed by atoms with van der Waals surface area (Å²) in [6.07, 6.45) is 1.49. The summed E-state index contributed by atoms with van der Waals surface area (Å²) in [6, 6.07) is 20.5. The molecule has 0 bridgehead atoms. The lowest BCUT2D eigenvalue weighted by Gasteiger charge is -2.38. The molecule has 5 nitrogen and oxygen atoms in total. The number of nitrogens with zero attached hydrogens (tertiary/aromatic N) is 2. The zero-order valence-corrected chi connectivity index (χ0v) is 17.6. The van der Waals surface area contributed by atoms with Gasteiger partial charge in [0.15, 0.2) is 0 Å². The van der Waals surface area contributed by atoms with Crippen molar-refractivity contribution >= 4 is 16.9 Å². The Labute approximate surface area is 177 Å². The van der Waals surface area contributed by atoms with E-state index in [9.17, 15) is 10.1 Å². The first-order valence-corrected chi connectivity index (χ1v) is 10.6. The number of nitrogens with one attached hydrogen (secondary N) is 1. The maximum atomic E-state index is 13.0. The highest BCUT2D eigenvalue weighted by molar-refractivity contribution is 5.88. The van der Waals surface area contributed by atoms with E-state index in [1.165, 1.54) is 4.90 Å². The van der Waals surface area contributed by atoms with Crippen molar-refractivity contribution in [3.63, 3.8) is 0 Å². The number of piperidine rings is 1. The fourth-order valence-electron chi connectivity index (χ4n) is 4.86. The second kappa shape index (κ2) is 8.33. The van der Waals surface area contributed by atoms with Crippen LogP contribution in [0.4, 0.5) is 0 Å². The van der Waals surface area contributed by atoms with E-state index in [0.29, 0.717) is 6.61 Å². The second-order valence-electron chi connectivity index (χ2n) is 8.11. The number of hydrogen-bond acceptors (Lipinski definition) is 3. The second-order valence-corrected chi connectivity index (χ2v) is 8.11. The molecule has 1 aliphatic heterocycles. The highest BCUT2D eigenvalue weighted by Crippen LogP contribution is 2.34. The minimum absolute atomic E-state index is 0.113. The van der Waals surface area contributed by atoms with Gasteiger partial charge in [0.25, 0.3) is 0 Å². The Morgan fingerprint density at radius 1 is 1.13 bits per heavy atom. The van der Waals surface area contributed by atoms with Crippen LogP contribution >= 0.6 is 0 Å². The van der Waals surface area contributed by atoms with Gasteiger partial charge >= 0.3 is 5.97 Å². The number of esters is 1. The normalized spacial score (nSPS) is 21.3. The van der Waals surface area contributed by atoms with Crippen LogP contribution in [0.1, 0.15) is 36.6 Å². The molecule has 0 radical (unpaired) electrons. The fraction of sp³-hybridized carbons (Fsp3) is 0.360. The van der Waals surface area contributed by atoms with Gasteiger partial charge in [-0.05, 0) is 18.6 Å². The Hall–Kier alpha value is -3.10. The Kier molecular flexibility index (Phi) is 5.61. The van der Waals surface area contributed by atoms with Gasteiger partial charge in [0.2, 0.25) is 0 Å². The Morgan fingerprint density at radius 2 is 1.80 bits per heavy atom. The molecule has 3 aromatic rings. The van der Waals surface area contributed by atoms with Crippen molar-refractivity contribution in [3.8, 4) is 6.07 Å². The molecule has 0 unspecified atom stereocenters. The molecule has 0 saturated carbocycles. The van der Waals surface area contributed by atoms with Gasteiger partial charge in [-0.3, -0.25) is 4.79 Å². The van der Waals surface area contributed by atoms with Gasteiger partial charge in [-0.1, -0.05) is 48.5 Å². The van der Waals surface area contributed by atoms with Crippen LogP contribution in [0, 0.1) is 11.3 Å². The van der Waals surface area contributed by atoms with Crippen molar-refractivity contribution < 1.29 is 14.4 Å². The molecule has 1 saturated heterocycles. The van der Waals surface area contributed by atoms with Gasteiger partial charge in [0, 0.05) is 30.8 Å². The van der Waals surface area contributed by atoms with Gasteiger partial charge in [-0.15, -0.1) is 0 Å². The summed E-state index contributed by atoms with van der Waals surface area (Å²) in [6.45, 7) is 4.76. The predicted molar refractivity (Wildman–Crippen MR) is 116 cm³/mol. The number of likely N-dealkylation sites (tertiary alicyclic amines) is 1. The van der Waals surface area contributed by atoms with Crippen molar-refractivity contribution in [2.45, 2.75) is 31.7 Å². The predicted octanol–water partition coefficient (Wildman–Crippen LogP) is 2.73. The largest absolute Gasteiger partial charge is 0.465 e. The number of hydrogen-bond donors (Lipinski definition) is 1. The number of rotatable bonds is 5. The van der Waals surface area contributed by atoms with E-state index in [2.05, 4.69) is 16.7 Å². The smallest absolute Gasteiger partial charge is 0.317 e. The van der Waals surface area contributed by atoms with Crippen LogP contribution in [0.5, 0.6) is 0 Å². The highest BCUT2D eigenvalue weighted by atomic mass is 16.5. The third-order valence-electron chi connectivity index (χ3n) is 6.56. The third-order valence-corrected chi connectivity index (χ3v) is 6.56. The number of nitriles is 1. The molecular weight excluding hydrogens is 374 g/mol. The number of para-hydroxylation sites is 1. The molecule has 5 heteroatoms. The standard InChI is InChI=1S/C25H27N3O2/c1-3-30-24(29)25(19-9-5-4-6-10-19)13-15-28(16-14-25)18-23-21(17-26)20-11-7-8-12-22(20)27(23)2/h4-12H,3,13-16,18H2,1-2H3/p+1. The molecular formula is C25H28N3O2+. The molecule has 1 aromatic heterocycles. The SMILES string of the molecule is CCOC(=O)C1(c2ccccc2)CC[NH+](Cc2c(C#N)c3ccccc3n2C)CC1.